The number of phenols is 1. The summed E-state index contributed by atoms with van der Waals surface area (Å²) in [6.07, 6.45) is -0.585. The third-order valence-electron chi connectivity index (χ3n) is 6.47. The molecule has 0 saturated heterocycles. The molecule has 0 fully saturated rings. The summed E-state index contributed by atoms with van der Waals surface area (Å²) in [5.41, 5.74) is 0.314. The van der Waals surface area contributed by atoms with Crippen LogP contribution in [0, 0.1) is 5.92 Å². The Balaban J connectivity index is 3.07. The first kappa shape index (κ1) is 40.2. The molecule has 0 bridgehead atoms. The maximum absolute atomic E-state index is 13.2. The molecule has 4 atom stereocenters. The van der Waals surface area contributed by atoms with Gasteiger partial charge in [-0.25, -0.2) is 0 Å². The predicted octanol–water partition coefficient (Wildman–Crippen LogP) is -1.48. The van der Waals surface area contributed by atoms with Crippen LogP contribution in [-0.2, 0) is 43.2 Å². The average molecular weight is 678 g/mol. The number of amides is 5. The number of phenolic OH excluding ortho intramolecular Hbond substituents is 1. The van der Waals surface area contributed by atoms with E-state index in [0.29, 0.717) is 5.56 Å². The number of carboxylic acid groups (broad SMARTS) is 3. The van der Waals surface area contributed by atoms with Crippen LogP contribution in [0.15, 0.2) is 30.3 Å². The van der Waals surface area contributed by atoms with Gasteiger partial charge < -0.3 is 47.0 Å². The molecule has 5 amide bonds. The second kappa shape index (κ2) is 19.6. The number of para-hydroxylation sites is 1. The number of ketones is 1. The Morgan fingerprint density at radius 2 is 1.29 bits per heavy atom. The second-order valence-electron chi connectivity index (χ2n) is 10.8. The van der Waals surface area contributed by atoms with Gasteiger partial charge >= 0.3 is 17.9 Å². The van der Waals surface area contributed by atoms with Gasteiger partial charge in [-0.3, -0.25) is 43.2 Å². The van der Waals surface area contributed by atoms with Crippen molar-refractivity contribution in [2.75, 3.05) is 6.54 Å². The standard InChI is InChI=1S/C30H39N5O13/c1-15(2)27(35-28(46)18(9-11-24(40)41)33-29(47)20(13-26(44)45)32-16(3)36)30(48)34-19(12-25(42)43)22(38)14-31-23(39)10-8-17-6-4-5-7-21(17)37/h4-8,10,15,18-20,27,37H,9,11-14H2,1-3H3,(H,31,39)(H,32,36)(H,33,47)(H,34,48)(H,35,46)(H,40,41)(H,42,43)(H,44,45)/b10-8-/t18-,19-,20-,27-/m0/s1. The molecule has 0 aliphatic carbocycles. The van der Waals surface area contributed by atoms with Gasteiger partial charge in [-0.15, -0.1) is 0 Å². The number of benzene rings is 1. The summed E-state index contributed by atoms with van der Waals surface area (Å²) in [5.74, 6) is -10.7. The Kier molecular flexibility index (Phi) is 16.5. The quantitative estimate of drug-likeness (QED) is 0.0713. The van der Waals surface area contributed by atoms with Crippen LogP contribution in [0.1, 0.15) is 52.0 Å². The van der Waals surface area contributed by atoms with E-state index in [1.165, 1.54) is 32.1 Å². The van der Waals surface area contributed by atoms with Gasteiger partial charge in [-0.05, 0) is 24.5 Å². The lowest BCUT2D eigenvalue weighted by Crippen LogP contribution is -2.59. The van der Waals surface area contributed by atoms with Crippen molar-refractivity contribution in [2.45, 2.75) is 70.6 Å². The predicted molar refractivity (Wildman–Crippen MR) is 165 cm³/mol. The minimum absolute atomic E-state index is 0.100. The molecule has 18 nitrogen and oxygen atoms in total. The molecule has 0 saturated carbocycles. The van der Waals surface area contributed by atoms with Crippen LogP contribution in [0.4, 0.5) is 0 Å². The maximum Gasteiger partial charge on any atom is 0.305 e. The lowest BCUT2D eigenvalue weighted by atomic mass is 10.0. The van der Waals surface area contributed by atoms with E-state index in [-0.39, 0.29) is 5.75 Å². The average Bonchev–Trinajstić information content (AvgIpc) is 2.98. The Labute approximate surface area is 274 Å². The van der Waals surface area contributed by atoms with Crippen LogP contribution >= 0.6 is 0 Å². The van der Waals surface area contributed by atoms with E-state index >= 15 is 0 Å². The van der Waals surface area contributed by atoms with Crippen molar-refractivity contribution < 1.29 is 63.6 Å². The van der Waals surface area contributed by atoms with Gasteiger partial charge in [-0.2, -0.15) is 0 Å². The van der Waals surface area contributed by atoms with Crippen molar-refractivity contribution in [1.29, 1.82) is 0 Å². The summed E-state index contributed by atoms with van der Waals surface area (Å²) in [6, 6.07) is -0.241. The van der Waals surface area contributed by atoms with E-state index in [4.69, 9.17) is 10.2 Å². The number of rotatable bonds is 20. The van der Waals surface area contributed by atoms with Crippen molar-refractivity contribution >= 4 is 59.3 Å². The first-order chi connectivity index (χ1) is 22.4. The summed E-state index contributed by atoms with van der Waals surface area (Å²) < 4.78 is 0. The number of Topliss-reactive ketones (excluding diaryl/α,β-unsaturated/α-hetero) is 1. The molecular weight excluding hydrogens is 638 g/mol. The van der Waals surface area contributed by atoms with Crippen LogP contribution in [0.5, 0.6) is 5.75 Å². The van der Waals surface area contributed by atoms with Gasteiger partial charge in [0.2, 0.25) is 29.5 Å². The van der Waals surface area contributed by atoms with Crippen LogP contribution < -0.4 is 26.6 Å². The number of carbonyl (C=O) groups is 9. The third-order valence-corrected chi connectivity index (χ3v) is 6.47. The molecule has 0 unspecified atom stereocenters. The first-order valence-corrected chi connectivity index (χ1v) is 14.5. The summed E-state index contributed by atoms with van der Waals surface area (Å²) in [7, 11) is 0. The fourth-order valence-corrected chi connectivity index (χ4v) is 4.06. The van der Waals surface area contributed by atoms with Gasteiger partial charge in [0.05, 0.1) is 25.4 Å². The zero-order valence-electron chi connectivity index (χ0n) is 26.3. The fourth-order valence-electron chi connectivity index (χ4n) is 4.06. The molecule has 9 N–H and O–H groups in total. The van der Waals surface area contributed by atoms with Gasteiger partial charge in [0.15, 0.2) is 5.78 Å². The molecule has 0 heterocycles. The van der Waals surface area contributed by atoms with Gasteiger partial charge in [0.25, 0.3) is 0 Å². The van der Waals surface area contributed by atoms with Crippen molar-refractivity contribution in [2.24, 2.45) is 5.92 Å². The molecule has 1 aromatic rings. The highest BCUT2D eigenvalue weighted by Gasteiger charge is 2.33. The summed E-state index contributed by atoms with van der Waals surface area (Å²) in [5, 5.41) is 48.4. The molecule has 48 heavy (non-hydrogen) atoms. The zero-order valence-corrected chi connectivity index (χ0v) is 26.3. The Morgan fingerprint density at radius 1 is 0.729 bits per heavy atom. The van der Waals surface area contributed by atoms with Crippen LogP contribution in [0.25, 0.3) is 6.08 Å². The molecule has 262 valence electrons. The third kappa shape index (κ3) is 15.0. The minimum atomic E-state index is -1.66. The number of nitrogens with one attached hydrogen (secondary N) is 5. The number of hydrogen-bond acceptors (Lipinski definition) is 10. The highest BCUT2D eigenvalue weighted by molar-refractivity contribution is 6.00. The van der Waals surface area contributed by atoms with E-state index in [2.05, 4.69) is 26.6 Å². The Hall–Kier alpha value is -5.81. The van der Waals surface area contributed by atoms with Gasteiger partial charge in [-0.1, -0.05) is 32.0 Å². The zero-order chi connectivity index (χ0) is 36.6. The Morgan fingerprint density at radius 3 is 1.83 bits per heavy atom. The smallest absolute Gasteiger partial charge is 0.305 e. The Bertz CT molecular complexity index is 1410. The molecule has 1 aromatic carbocycles. The molecule has 1 rings (SSSR count). The highest BCUT2D eigenvalue weighted by atomic mass is 16.4. The van der Waals surface area contributed by atoms with Crippen LogP contribution in [0.2, 0.25) is 0 Å². The number of hydrogen-bond donors (Lipinski definition) is 9. The number of carbonyl (C=O) groups excluding carboxylic acids is 6. The van der Waals surface area contributed by atoms with E-state index in [9.17, 15) is 53.4 Å². The maximum atomic E-state index is 13.2. The molecule has 0 aromatic heterocycles. The van der Waals surface area contributed by atoms with Gasteiger partial charge in [0, 0.05) is 25.0 Å². The molecule has 18 heteroatoms. The molecular formula is C30H39N5O13. The van der Waals surface area contributed by atoms with Crippen LogP contribution in [0.3, 0.4) is 0 Å². The second-order valence-corrected chi connectivity index (χ2v) is 10.8. The number of carboxylic acids is 3. The van der Waals surface area contributed by atoms with Crippen molar-refractivity contribution in [3.63, 3.8) is 0 Å². The lowest BCUT2D eigenvalue weighted by molar-refractivity contribution is -0.142. The van der Waals surface area contributed by atoms with Crippen LogP contribution in [-0.4, -0.2) is 104 Å². The van der Waals surface area contributed by atoms with E-state index in [0.717, 1.165) is 13.0 Å². The topological polar surface area (TPSA) is 295 Å². The molecule has 0 spiro atoms. The summed E-state index contributed by atoms with van der Waals surface area (Å²) >= 11 is 0. The minimum Gasteiger partial charge on any atom is -0.507 e. The summed E-state index contributed by atoms with van der Waals surface area (Å²) in [4.78, 5) is 110. The largest absolute Gasteiger partial charge is 0.507 e. The lowest BCUT2D eigenvalue weighted by Gasteiger charge is -2.27. The monoisotopic (exact) mass is 677 g/mol. The van der Waals surface area contributed by atoms with Crippen molar-refractivity contribution in [3.8, 4) is 5.75 Å². The first-order valence-electron chi connectivity index (χ1n) is 14.5. The van der Waals surface area contributed by atoms with Crippen molar-refractivity contribution in [3.05, 3.63) is 35.9 Å². The van der Waals surface area contributed by atoms with E-state index in [1.807, 2.05) is 0 Å². The molecule has 0 aliphatic rings. The number of aromatic hydroxyl groups is 1. The van der Waals surface area contributed by atoms with E-state index in [1.54, 1.807) is 12.1 Å². The molecule has 0 radical (unpaired) electrons. The fraction of sp³-hybridized carbons (Fsp3) is 0.433. The highest BCUT2D eigenvalue weighted by Crippen LogP contribution is 2.16. The normalized spacial score (nSPS) is 13.3. The molecule has 0 aliphatic heterocycles. The SMILES string of the molecule is CC(=O)N[C@@H](CC(=O)O)C(=O)N[C@@H](CCC(=O)O)C(=O)N[C@H](C(=O)N[C@@H](CC(=O)O)C(=O)CNC(=O)/C=C\c1ccccc1O)C(C)C. The van der Waals surface area contributed by atoms with Crippen molar-refractivity contribution in [1.82, 2.24) is 26.6 Å². The summed E-state index contributed by atoms with van der Waals surface area (Å²) in [6.45, 7) is 3.30. The van der Waals surface area contributed by atoms with E-state index < -0.39 is 116 Å². The number of aliphatic carboxylic acids is 3. The van der Waals surface area contributed by atoms with Gasteiger partial charge in [0.1, 0.15) is 23.9 Å².